The van der Waals surface area contributed by atoms with Crippen molar-refractivity contribution in [2.45, 2.75) is 32.8 Å². The molecule has 2 N–H and O–H groups in total. The molecule has 29 heavy (non-hydrogen) atoms. The van der Waals surface area contributed by atoms with E-state index in [1.807, 2.05) is 13.8 Å². The lowest BCUT2D eigenvalue weighted by atomic mass is 9.98. The lowest BCUT2D eigenvalue weighted by molar-refractivity contribution is -0.118. The SMILES string of the molecule is CC(C)Oc1ccc(NS(=O)(=O)CC(=O)NCC2CCN(S(C)(=O)=O)CC2)cc1. The number of ether oxygens (including phenoxy) is 1. The van der Waals surface area contributed by atoms with E-state index in [4.69, 9.17) is 4.74 Å². The third-order valence-electron chi connectivity index (χ3n) is 4.45. The van der Waals surface area contributed by atoms with Crippen molar-refractivity contribution in [3.05, 3.63) is 24.3 Å². The topological polar surface area (TPSA) is 122 Å². The number of hydrogen-bond acceptors (Lipinski definition) is 6. The molecule has 1 aromatic carbocycles. The van der Waals surface area contributed by atoms with Gasteiger partial charge in [0.2, 0.25) is 26.0 Å². The molecule has 0 radical (unpaired) electrons. The first-order chi connectivity index (χ1) is 13.4. The summed E-state index contributed by atoms with van der Waals surface area (Å²) in [5.41, 5.74) is 0.349. The predicted molar refractivity (Wildman–Crippen MR) is 112 cm³/mol. The van der Waals surface area contributed by atoms with Crippen molar-refractivity contribution in [2.24, 2.45) is 5.92 Å². The summed E-state index contributed by atoms with van der Waals surface area (Å²) in [7, 11) is -7.03. The zero-order chi connectivity index (χ0) is 21.7. The molecule has 0 unspecified atom stereocenters. The zero-order valence-corrected chi connectivity index (χ0v) is 18.6. The fourth-order valence-corrected chi connectivity index (χ4v) is 4.90. The molecule has 9 nitrogen and oxygen atoms in total. The Labute approximate surface area is 172 Å². The van der Waals surface area contributed by atoms with E-state index in [2.05, 4.69) is 10.0 Å². The maximum atomic E-state index is 12.2. The number of nitrogens with one attached hydrogen (secondary N) is 2. The molecule has 0 aromatic heterocycles. The minimum Gasteiger partial charge on any atom is -0.491 e. The fraction of sp³-hybridized carbons (Fsp3) is 0.611. The number of hydrogen-bond donors (Lipinski definition) is 2. The Morgan fingerprint density at radius 2 is 1.72 bits per heavy atom. The van der Waals surface area contributed by atoms with Crippen LogP contribution >= 0.6 is 0 Å². The number of anilines is 1. The van der Waals surface area contributed by atoms with Gasteiger partial charge in [-0.05, 0) is 56.9 Å². The summed E-state index contributed by atoms with van der Waals surface area (Å²) in [5, 5.41) is 2.63. The predicted octanol–water partition coefficient (Wildman–Crippen LogP) is 1.00. The van der Waals surface area contributed by atoms with Gasteiger partial charge < -0.3 is 10.1 Å². The maximum Gasteiger partial charge on any atom is 0.241 e. The standard InChI is InChI=1S/C18H29N3O6S2/c1-14(2)27-17-6-4-16(5-7-17)20-29(25,26)13-18(22)19-12-15-8-10-21(11-9-15)28(3,23)24/h4-7,14-15,20H,8-13H2,1-3H3,(H,19,22). The van der Waals surface area contributed by atoms with Crippen LogP contribution in [-0.4, -0.2) is 64.8 Å². The first-order valence-corrected chi connectivity index (χ1v) is 12.9. The number of carbonyl (C=O) groups is 1. The fourth-order valence-electron chi connectivity index (χ4n) is 3.02. The molecule has 1 heterocycles. The van der Waals surface area contributed by atoms with Gasteiger partial charge >= 0.3 is 0 Å². The van der Waals surface area contributed by atoms with Crippen LogP contribution in [0, 0.1) is 5.92 Å². The molecule has 1 aliphatic rings. The van der Waals surface area contributed by atoms with Crippen LogP contribution in [0.3, 0.4) is 0 Å². The van der Waals surface area contributed by atoms with Crippen molar-refractivity contribution in [2.75, 3.05) is 36.4 Å². The van der Waals surface area contributed by atoms with Crippen molar-refractivity contribution in [3.63, 3.8) is 0 Å². The molecule has 1 aromatic rings. The molecule has 164 valence electrons. The number of amides is 1. The molecule has 0 spiro atoms. The average Bonchev–Trinajstić information content (AvgIpc) is 2.60. The third kappa shape index (κ3) is 8.19. The molecule has 0 atom stereocenters. The molecule has 0 aliphatic carbocycles. The summed E-state index contributed by atoms with van der Waals surface area (Å²) in [4.78, 5) is 12.0. The highest BCUT2D eigenvalue weighted by Gasteiger charge is 2.25. The van der Waals surface area contributed by atoms with E-state index in [-0.39, 0.29) is 12.0 Å². The Bertz CT molecular complexity index is 890. The zero-order valence-electron chi connectivity index (χ0n) is 16.9. The van der Waals surface area contributed by atoms with Crippen molar-refractivity contribution < 1.29 is 26.4 Å². The van der Waals surface area contributed by atoms with Gasteiger partial charge in [-0.3, -0.25) is 9.52 Å². The molecule has 0 saturated carbocycles. The smallest absolute Gasteiger partial charge is 0.241 e. The van der Waals surface area contributed by atoms with Crippen LogP contribution in [-0.2, 0) is 24.8 Å². The van der Waals surface area contributed by atoms with Crippen LogP contribution in [0.1, 0.15) is 26.7 Å². The Kier molecular flexibility index (Phi) is 7.89. The minimum atomic E-state index is -3.84. The van der Waals surface area contributed by atoms with Crippen molar-refractivity contribution in [1.29, 1.82) is 0 Å². The maximum absolute atomic E-state index is 12.2. The number of sulfonamides is 2. The Balaban J connectivity index is 1.78. The van der Waals surface area contributed by atoms with E-state index >= 15 is 0 Å². The van der Waals surface area contributed by atoms with Gasteiger partial charge in [-0.2, -0.15) is 0 Å². The van der Waals surface area contributed by atoms with Gasteiger partial charge in [-0.1, -0.05) is 0 Å². The van der Waals surface area contributed by atoms with Gasteiger partial charge in [0.05, 0.1) is 12.4 Å². The van der Waals surface area contributed by atoms with Crippen molar-refractivity contribution in [1.82, 2.24) is 9.62 Å². The van der Waals surface area contributed by atoms with Crippen molar-refractivity contribution in [3.8, 4) is 5.75 Å². The number of piperidine rings is 1. The summed E-state index contributed by atoms with van der Waals surface area (Å²) < 4.78 is 56.7. The summed E-state index contributed by atoms with van der Waals surface area (Å²) in [6, 6.07) is 6.45. The molecule has 1 fully saturated rings. The second-order valence-electron chi connectivity index (χ2n) is 7.46. The molecule has 0 bridgehead atoms. The monoisotopic (exact) mass is 447 g/mol. The lowest BCUT2D eigenvalue weighted by Gasteiger charge is -2.30. The van der Waals surface area contributed by atoms with E-state index in [9.17, 15) is 21.6 Å². The summed E-state index contributed by atoms with van der Waals surface area (Å²) >= 11 is 0. The molecular weight excluding hydrogens is 418 g/mol. The van der Waals surface area contributed by atoms with Crippen LogP contribution in [0.2, 0.25) is 0 Å². The molecular formula is C18H29N3O6S2. The summed E-state index contributed by atoms with van der Waals surface area (Å²) in [6.07, 6.45) is 2.45. The quantitative estimate of drug-likeness (QED) is 0.582. The summed E-state index contributed by atoms with van der Waals surface area (Å²) in [5.74, 6) is -0.522. The number of carbonyl (C=O) groups excluding carboxylic acids is 1. The highest BCUT2D eigenvalue weighted by atomic mass is 32.2. The Morgan fingerprint density at radius 1 is 1.14 bits per heavy atom. The van der Waals surface area contributed by atoms with Crippen LogP contribution < -0.4 is 14.8 Å². The third-order valence-corrected chi connectivity index (χ3v) is 6.94. The van der Waals surface area contributed by atoms with E-state index in [0.717, 1.165) is 0 Å². The van der Waals surface area contributed by atoms with E-state index in [1.54, 1.807) is 24.3 Å². The minimum absolute atomic E-state index is 0.0137. The Morgan fingerprint density at radius 3 is 2.24 bits per heavy atom. The summed E-state index contributed by atoms with van der Waals surface area (Å²) in [6.45, 7) is 4.94. The van der Waals surface area contributed by atoms with Crippen LogP contribution in [0.4, 0.5) is 5.69 Å². The van der Waals surface area contributed by atoms with Crippen LogP contribution in [0.5, 0.6) is 5.75 Å². The highest BCUT2D eigenvalue weighted by molar-refractivity contribution is 7.93. The Hall–Kier alpha value is -1.85. The van der Waals surface area contributed by atoms with Gasteiger partial charge in [0.15, 0.2) is 0 Å². The van der Waals surface area contributed by atoms with E-state index < -0.39 is 31.7 Å². The van der Waals surface area contributed by atoms with Gasteiger partial charge in [-0.15, -0.1) is 0 Å². The largest absolute Gasteiger partial charge is 0.491 e. The molecule has 1 amide bonds. The first-order valence-electron chi connectivity index (χ1n) is 9.43. The lowest BCUT2D eigenvalue weighted by Crippen LogP contribution is -2.42. The molecule has 2 rings (SSSR count). The second kappa shape index (κ2) is 9.77. The van der Waals surface area contributed by atoms with Gasteiger partial charge in [0.1, 0.15) is 11.5 Å². The number of benzene rings is 1. The van der Waals surface area contributed by atoms with Crippen LogP contribution in [0.15, 0.2) is 24.3 Å². The van der Waals surface area contributed by atoms with Crippen molar-refractivity contribution >= 4 is 31.6 Å². The first kappa shape index (κ1) is 23.4. The van der Waals surface area contributed by atoms with E-state index in [1.165, 1.54) is 10.6 Å². The normalized spacial score (nSPS) is 16.6. The van der Waals surface area contributed by atoms with Gasteiger partial charge in [0.25, 0.3) is 0 Å². The number of rotatable bonds is 9. The second-order valence-corrected chi connectivity index (χ2v) is 11.2. The number of nitrogens with zero attached hydrogens (tertiary/aromatic N) is 1. The molecule has 1 aliphatic heterocycles. The van der Waals surface area contributed by atoms with Crippen LogP contribution in [0.25, 0.3) is 0 Å². The molecule has 11 heteroatoms. The molecule has 1 saturated heterocycles. The van der Waals surface area contributed by atoms with E-state index in [0.29, 0.717) is 43.9 Å². The average molecular weight is 448 g/mol. The van der Waals surface area contributed by atoms with Gasteiger partial charge in [-0.25, -0.2) is 21.1 Å². The highest BCUT2D eigenvalue weighted by Crippen LogP contribution is 2.19. The van der Waals surface area contributed by atoms with Gasteiger partial charge in [0, 0.05) is 25.3 Å².